The molecule has 0 aromatic carbocycles. The zero-order chi connectivity index (χ0) is 13.5. The van der Waals surface area contributed by atoms with Crippen LogP contribution in [-0.2, 0) is 4.74 Å². The summed E-state index contributed by atoms with van der Waals surface area (Å²) in [7, 11) is 3.47. The van der Waals surface area contributed by atoms with Crippen LogP contribution in [0.1, 0.15) is 24.3 Å². The zero-order valence-electron chi connectivity index (χ0n) is 11.3. The standard InChI is InChI=1S/C12H20N4O2/c1-9(2)18-8-7-16(4)12(17)10-5-6-11(13-3)15-14-10/h5-6,9H,7-8H2,1-4H3,(H,13,15). The molecule has 1 heterocycles. The van der Waals surface area contributed by atoms with Crippen LogP contribution in [0.25, 0.3) is 0 Å². The molecule has 1 aromatic heterocycles. The molecule has 0 radical (unpaired) electrons. The minimum atomic E-state index is -0.155. The number of aromatic nitrogens is 2. The molecule has 0 fully saturated rings. The molecule has 6 nitrogen and oxygen atoms in total. The van der Waals surface area contributed by atoms with Gasteiger partial charge in [0, 0.05) is 20.6 Å². The number of carbonyl (C=O) groups excluding carboxylic acids is 1. The van der Waals surface area contributed by atoms with Crippen molar-refractivity contribution < 1.29 is 9.53 Å². The molecule has 0 aliphatic rings. The smallest absolute Gasteiger partial charge is 0.274 e. The van der Waals surface area contributed by atoms with Gasteiger partial charge >= 0.3 is 0 Å². The van der Waals surface area contributed by atoms with Crippen LogP contribution < -0.4 is 5.32 Å². The zero-order valence-corrected chi connectivity index (χ0v) is 11.3. The van der Waals surface area contributed by atoms with Gasteiger partial charge in [-0.1, -0.05) is 0 Å². The fourth-order valence-electron chi connectivity index (χ4n) is 1.30. The molecule has 18 heavy (non-hydrogen) atoms. The summed E-state index contributed by atoms with van der Waals surface area (Å²) in [4.78, 5) is 13.5. The highest BCUT2D eigenvalue weighted by Gasteiger charge is 2.13. The topological polar surface area (TPSA) is 67.4 Å². The third-order valence-corrected chi connectivity index (χ3v) is 2.36. The van der Waals surface area contributed by atoms with Gasteiger partial charge in [-0.2, -0.15) is 0 Å². The summed E-state index contributed by atoms with van der Waals surface area (Å²) >= 11 is 0. The minimum absolute atomic E-state index is 0.155. The Balaban J connectivity index is 2.51. The number of hydrogen-bond donors (Lipinski definition) is 1. The lowest BCUT2D eigenvalue weighted by atomic mass is 10.3. The van der Waals surface area contributed by atoms with Crippen molar-refractivity contribution in [3.63, 3.8) is 0 Å². The van der Waals surface area contributed by atoms with E-state index >= 15 is 0 Å². The molecular weight excluding hydrogens is 232 g/mol. The van der Waals surface area contributed by atoms with E-state index in [1.165, 1.54) is 0 Å². The Morgan fingerprint density at radius 3 is 2.67 bits per heavy atom. The molecule has 0 saturated carbocycles. The van der Waals surface area contributed by atoms with Gasteiger partial charge in [0.05, 0.1) is 12.7 Å². The van der Waals surface area contributed by atoms with Crippen LogP contribution in [0.15, 0.2) is 12.1 Å². The first-order chi connectivity index (χ1) is 8.54. The Morgan fingerprint density at radius 2 is 2.17 bits per heavy atom. The SMILES string of the molecule is CNc1ccc(C(=O)N(C)CCOC(C)C)nn1. The highest BCUT2D eigenvalue weighted by Crippen LogP contribution is 2.03. The molecule has 1 N–H and O–H groups in total. The van der Waals surface area contributed by atoms with E-state index in [9.17, 15) is 4.79 Å². The van der Waals surface area contributed by atoms with Crippen molar-refractivity contribution in [1.82, 2.24) is 15.1 Å². The average Bonchev–Trinajstić information content (AvgIpc) is 2.37. The number of anilines is 1. The van der Waals surface area contributed by atoms with Crippen molar-refractivity contribution in [2.45, 2.75) is 20.0 Å². The van der Waals surface area contributed by atoms with Crippen molar-refractivity contribution in [2.75, 3.05) is 32.6 Å². The highest BCUT2D eigenvalue weighted by molar-refractivity contribution is 5.92. The predicted octanol–water partition coefficient (Wildman–Crippen LogP) is 1.02. The second kappa shape index (κ2) is 6.90. The number of nitrogens with one attached hydrogen (secondary N) is 1. The summed E-state index contributed by atoms with van der Waals surface area (Å²) in [6.07, 6.45) is 0.170. The van der Waals surface area contributed by atoms with E-state index in [-0.39, 0.29) is 12.0 Å². The van der Waals surface area contributed by atoms with Gasteiger partial charge < -0.3 is 15.0 Å². The second-order valence-electron chi connectivity index (χ2n) is 4.20. The maximum Gasteiger partial charge on any atom is 0.274 e. The first-order valence-electron chi connectivity index (χ1n) is 5.93. The van der Waals surface area contributed by atoms with Gasteiger partial charge in [0.1, 0.15) is 5.82 Å². The summed E-state index contributed by atoms with van der Waals surface area (Å²) in [5.41, 5.74) is 0.334. The van der Waals surface area contributed by atoms with Gasteiger partial charge in [-0.3, -0.25) is 4.79 Å². The van der Waals surface area contributed by atoms with Gasteiger partial charge in [0.15, 0.2) is 5.69 Å². The Kier molecular flexibility index (Phi) is 5.51. The molecule has 1 amide bonds. The Hall–Kier alpha value is -1.69. The second-order valence-corrected chi connectivity index (χ2v) is 4.20. The van der Waals surface area contributed by atoms with Gasteiger partial charge in [-0.05, 0) is 26.0 Å². The summed E-state index contributed by atoms with van der Waals surface area (Å²) in [6.45, 7) is 4.97. The van der Waals surface area contributed by atoms with E-state index in [0.29, 0.717) is 24.7 Å². The molecular formula is C12H20N4O2. The maximum atomic E-state index is 12.0. The molecule has 0 atom stereocenters. The number of nitrogens with zero attached hydrogens (tertiary/aromatic N) is 3. The number of likely N-dealkylation sites (N-methyl/N-ethyl adjacent to an activating group) is 1. The predicted molar refractivity (Wildman–Crippen MR) is 69.6 cm³/mol. The molecule has 100 valence electrons. The van der Waals surface area contributed by atoms with E-state index in [4.69, 9.17) is 4.74 Å². The molecule has 1 rings (SSSR count). The first kappa shape index (κ1) is 14.4. The van der Waals surface area contributed by atoms with Crippen LogP contribution in [0.2, 0.25) is 0 Å². The van der Waals surface area contributed by atoms with Crippen molar-refractivity contribution in [2.24, 2.45) is 0 Å². The Morgan fingerprint density at radius 1 is 1.44 bits per heavy atom. The maximum absolute atomic E-state index is 12.0. The van der Waals surface area contributed by atoms with E-state index in [0.717, 1.165) is 0 Å². The van der Waals surface area contributed by atoms with E-state index in [1.54, 1.807) is 31.1 Å². The van der Waals surface area contributed by atoms with Gasteiger partial charge in [0.25, 0.3) is 5.91 Å². The molecule has 0 aliphatic carbocycles. The number of ether oxygens (including phenoxy) is 1. The number of rotatable bonds is 6. The number of amides is 1. The summed E-state index contributed by atoms with van der Waals surface area (Å²) in [5, 5.41) is 10.6. The molecule has 0 saturated heterocycles. The molecule has 0 unspecified atom stereocenters. The summed E-state index contributed by atoms with van der Waals surface area (Å²) in [5.74, 6) is 0.481. The lowest BCUT2D eigenvalue weighted by Gasteiger charge is -2.17. The minimum Gasteiger partial charge on any atom is -0.377 e. The Labute approximate surface area is 107 Å². The van der Waals surface area contributed by atoms with Gasteiger partial charge in [-0.15, -0.1) is 10.2 Å². The lowest BCUT2D eigenvalue weighted by Crippen LogP contribution is -2.31. The third-order valence-electron chi connectivity index (χ3n) is 2.36. The quantitative estimate of drug-likeness (QED) is 0.818. The van der Waals surface area contributed by atoms with Crippen LogP contribution in [-0.4, -0.2) is 54.4 Å². The number of carbonyl (C=O) groups is 1. The van der Waals surface area contributed by atoms with E-state index < -0.39 is 0 Å². The lowest BCUT2D eigenvalue weighted by molar-refractivity contribution is 0.0528. The third kappa shape index (κ3) is 4.29. The van der Waals surface area contributed by atoms with Crippen molar-refractivity contribution in [3.8, 4) is 0 Å². The summed E-state index contributed by atoms with van der Waals surface area (Å²) < 4.78 is 5.40. The molecule has 1 aromatic rings. The molecule has 0 aliphatic heterocycles. The van der Waals surface area contributed by atoms with Crippen molar-refractivity contribution >= 4 is 11.7 Å². The first-order valence-corrected chi connectivity index (χ1v) is 5.93. The van der Waals surface area contributed by atoms with Crippen molar-refractivity contribution in [3.05, 3.63) is 17.8 Å². The highest BCUT2D eigenvalue weighted by atomic mass is 16.5. The molecule has 0 bridgehead atoms. The van der Waals surface area contributed by atoms with Crippen molar-refractivity contribution in [1.29, 1.82) is 0 Å². The van der Waals surface area contributed by atoms with Crippen LogP contribution in [0.4, 0.5) is 5.82 Å². The van der Waals surface area contributed by atoms with Gasteiger partial charge in [0.2, 0.25) is 0 Å². The van der Waals surface area contributed by atoms with E-state index in [2.05, 4.69) is 15.5 Å². The van der Waals surface area contributed by atoms with Gasteiger partial charge in [-0.25, -0.2) is 0 Å². The van der Waals surface area contributed by atoms with Crippen LogP contribution >= 0.6 is 0 Å². The normalized spacial score (nSPS) is 10.5. The van der Waals surface area contributed by atoms with Crippen LogP contribution in [0.5, 0.6) is 0 Å². The number of hydrogen-bond acceptors (Lipinski definition) is 5. The summed E-state index contributed by atoms with van der Waals surface area (Å²) in [6, 6.07) is 3.37. The average molecular weight is 252 g/mol. The van der Waals surface area contributed by atoms with Crippen LogP contribution in [0, 0.1) is 0 Å². The largest absolute Gasteiger partial charge is 0.377 e. The van der Waals surface area contributed by atoms with Crippen LogP contribution in [0.3, 0.4) is 0 Å². The monoisotopic (exact) mass is 252 g/mol. The van der Waals surface area contributed by atoms with E-state index in [1.807, 2.05) is 13.8 Å². The fraction of sp³-hybridized carbons (Fsp3) is 0.583. The molecule has 6 heteroatoms. The Bertz CT molecular complexity index is 378. The fourth-order valence-corrected chi connectivity index (χ4v) is 1.30. The molecule has 0 spiro atoms.